The van der Waals surface area contributed by atoms with Crippen LogP contribution >= 0.6 is 0 Å². The summed E-state index contributed by atoms with van der Waals surface area (Å²) in [4.78, 5) is 52.0. The van der Waals surface area contributed by atoms with E-state index in [1.165, 1.54) is 28.2 Å². The first-order valence-corrected chi connectivity index (χ1v) is 12.4. The molecule has 3 atom stereocenters. The summed E-state index contributed by atoms with van der Waals surface area (Å²) < 4.78 is 15.6. The second-order valence-electron chi connectivity index (χ2n) is 9.75. The van der Waals surface area contributed by atoms with Gasteiger partial charge in [0.25, 0.3) is 0 Å². The van der Waals surface area contributed by atoms with E-state index in [-0.39, 0.29) is 13.0 Å². The van der Waals surface area contributed by atoms with Gasteiger partial charge in [-0.3, -0.25) is 19.3 Å². The van der Waals surface area contributed by atoms with Crippen LogP contribution in [0.4, 0.5) is 4.79 Å². The number of rotatable bonds is 14. The fourth-order valence-electron chi connectivity index (χ4n) is 3.24. The Bertz CT molecular complexity index is 902. The minimum atomic E-state index is -1.36. The van der Waals surface area contributed by atoms with Crippen LogP contribution in [-0.4, -0.2) is 91.7 Å². The minimum absolute atomic E-state index is 0.169. The van der Waals surface area contributed by atoms with Crippen molar-refractivity contribution in [3.8, 4) is 0 Å². The van der Waals surface area contributed by atoms with Crippen molar-refractivity contribution in [1.29, 1.82) is 0 Å². The molecule has 0 fully saturated rings. The van der Waals surface area contributed by atoms with Gasteiger partial charge in [0.2, 0.25) is 17.7 Å². The molecule has 12 nitrogen and oxygen atoms in total. The zero-order valence-electron chi connectivity index (χ0n) is 23.3. The maximum Gasteiger partial charge on any atom is 0.410 e. The monoisotopic (exact) mass is 538 g/mol. The van der Waals surface area contributed by atoms with E-state index in [4.69, 9.17) is 14.2 Å². The van der Waals surface area contributed by atoms with E-state index in [1.54, 1.807) is 20.8 Å². The minimum Gasteiger partial charge on any atom is -0.444 e. The van der Waals surface area contributed by atoms with Crippen LogP contribution in [0.1, 0.15) is 46.1 Å². The molecule has 4 N–H and O–H groups in total. The average Bonchev–Trinajstić information content (AvgIpc) is 2.88. The summed E-state index contributed by atoms with van der Waals surface area (Å²) >= 11 is 0. The Balaban J connectivity index is 2.87. The van der Waals surface area contributed by atoms with Crippen molar-refractivity contribution >= 4 is 23.8 Å². The molecule has 0 saturated heterocycles. The van der Waals surface area contributed by atoms with Crippen LogP contribution in [0, 0.1) is 0 Å². The first kappa shape index (κ1) is 32.8. The molecule has 0 aliphatic heterocycles. The third-order valence-corrected chi connectivity index (χ3v) is 5.62. The predicted octanol–water partition coefficient (Wildman–Crippen LogP) is 0.919. The normalized spacial score (nSPS) is 13.7. The molecule has 1 rings (SSSR count). The summed E-state index contributed by atoms with van der Waals surface area (Å²) in [5.41, 5.74) is 0.122. The van der Waals surface area contributed by atoms with E-state index >= 15 is 0 Å². The van der Waals surface area contributed by atoms with Crippen LogP contribution in [-0.2, 0) is 35.1 Å². The highest BCUT2D eigenvalue weighted by atomic mass is 16.7. The highest BCUT2D eigenvalue weighted by molar-refractivity contribution is 5.93. The number of nitrogens with one attached hydrogen (secondary N) is 3. The third-order valence-electron chi connectivity index (χ3n) is 5.62. The Morgan fingerprint density at radius 2 is 1.50 bits per heavy atom. The number of methoxy groups -OCH3 is 2. The van der Waals surface area contributed by atoms with Crippen LogP contribution in [0.2, 0.25) is 0 Å². The Hall–Kier alpha value is -3.22. The van der Waals surface area contributed by atoms with Crippen molar-refractivity contribution in [3.63, 3.8) is 0 Å². The Morgan fingerprint density at radius 3 is 2.03 bits per heavy atom. The van der Waals surface area contributed by atoms with Gasteiger partial charge in [-0.1, -0.05) is 30.3 Å². The maximum atomic E-state index is 13.0. The molecule has 0 heterocycles. The molecule has 38 heavy (non-hydrogen) atoms. The molecule has 1 aromatic rings. The highest BCUT2D eigenvalue weighted by Gasteiger charge is 2.31. The van der Waals surface area contributed by atoms with Gasteiger partial charge in [-0.05, 0) is 39.7 Å². The topological polar surface area (TPSA) is 156 Å². The lowest BCUT2D eigenvalue weighted by Crippen LogP contribution is -2.57. The largest absolute Gasteiger partial charge is 0.444 e. The van der Waals surface area contributed by atoms with Gasteiger partial charge in [0.15, 0.2) is 6.29 Å². The number of carbonyl (C=O) groups is 4. The van der Waals surface area contributed by atoms with Crippen molar-refractivity contribution < 1.29 is 38.5 Å². The highest BCUT2D eigenvalue weighted by Crippen LogP contribution is 2.11. The Morgan fingerprint density at radius 1 is 0.921 bits per heavy atom. The molecule has 0 radical (unpaired) electrons. The fourth-order valence-corrected chi connectivity index (χ4v) is 3.24. The number of aliphatic hydroxyl groups excluding tert-OH is 1. The van der Waals surface area contributed by atoms with Crippen molar-refractivity contribution in [3.05, 3.63) is 35.9 Å². The molecule has 1 aromatic carbocycles. The van der Waals surface area contributed by atoms with Gasteiger partial charge in [0, 0.05) is 34.2 Å². The molecular weight excluding hydrogens is 496 g/mol. The van der Waals surface area contributed by atoms with E-state index in [2.05, 4.69) is 16.0 Å². The number of hydrogen-bond donors (Lipinski definition) is 4. The molecule has 0 aliphatic rings. The number of hydrogen-bond acceptors (Lipinski definition) is 8. The summed E-state index contributed by atoms with van der Waals surface area (Å²) in [6.45, 7) is 6.08. The SMILES string of the molecule is COC(CCC(NC(=O)[C@H](CO)NC(=O)[C@H](C)N(C)C(=O)OC(C)(C)C)C(=O)NCc1ccccc1)OC. The Kier molecular flexibility index (Phi) is 13.7. The molecule has 4 amide bonds. The van der Waals surface area contributed by atoms with E-state index in [9.17, 15) is 24.3 Å². The van der Waals surface area contributed by atoms with E-state index in [0.29, 0.717) is 6.42 Å². The third kappa shape index (κ3) is 11.4. The van der Waals surface area contributed by atoms with E-state index in [1.807, 2.05) is 30.3 Å². The lowest BCUT2D eigenvalue weighted by molar-refractivity contribution is -0.135. The lowest BCUT2D eigenvalue weighted by Gasteiger charge is -2.29. The summed E-state index contributed by atoms with van der Waals surface area (Å²) in [5.74, 6) is -1.90. The van der Waals surface area contributed by atoms with Crippen LogP contribution < -0.4 is 16.0 Å². The van der Waals surface area contributed by atoms with Crippen LogP contribution in [0.15, 0.2) is 30.3 Å². The second-order valence-corrected chi connectivity index (χ2v) is 9.75. The van der Waals surface area contributed by atoms with Gasteiger partial charge in [-0.15, -0.1) is 0 Å². The summed E-state index contributed by atoms with van der Waals surface area (Å²) in [6.07, 6.45) is -0.840. The quantitative estimate of drug-likeness (QED) is 0.255. The molecule has 0 bridgehead atoms. The van der Waals surface area contributed by atoms with Crippen molar-refractivity contribution in [2.24, 2.45) is 0 Å². The zero-order chi connectivity index (χ0) is 28.9. The molecule has 0 aliphatic carbocycles. The van der Waals surface area contributed by atoms with Gasteiger partial charge < -0.3 is 35.3 Å². The van der Waals surface area contributed by atoms with E-state index in [0.717, 1.165) is 10.5 Å². The van der Waals surface area contributed by atoms with Crippen molar-refractivity contribution in [2.45, 2.75) is 77.1 Å². The molecular formula is C26H42N4O8. The van der Waals surface area contributed by atoms with Crippen molar-refractivity contribution in [2.75, 3.05) is 27.9 Å². The molecule has 0 aromatic heterocycles. The molecule has 1 unspecified atom stereocenters. The first-order chi connectivity index (χ1) is 17.8. The number of benzene rings is 1. The van der Waals surface area contributed by atoms with Gasteiger partial charge in [-0.2, -0.15) is 0 Å². The maximum absolute atomic E-state index is 13.0. The summed E-state index contributed by atoms with van der Waals surface area (Å²) in [6, 6.07) is 5.91. The molecule has 214 valence electrons. The number of amides is 4. The van der Waals surface area contributed by atoms with E-state index < -0.39 is 60.4 Å². The Labute approximate surface area is 224 Å². The second kappa shape index (κ2) is 15.9. The van der Waals surface area contributed by atoms with Crippen LogP contribution in [0.3, 0.4) is 0 Å². The number of likely N-dealkylation sites (N-methyl/N-ethyl adjacent to an activating group) is 1. The first-order valence-electron chi connectivity index (χ1n) is 12.4. The number of carbonyl (C=O) groups excluding carboxylic acids is 4. The summed E-state index contributed by atoms with van der Waals surface area (Å²) in [5, 5.41) is 17.6. The number of ether oxygens (including phenoxy) is 3. The smallest absolute Gasteiger partial charge is 0.410 e. The fraction of sp³-hybridized carbons (Fsp3) is 0.615. The number of nitrogens with zero attached hydrogens (tertiary/aromatic N) is 1. The standard InChI is InChI=1S/C26H42N4O8/c1-17(30(5)25(35)38-26(2,3)4)22(32)29-20(16-31)24(34)28-19(13-14-21(36-6)37-7)23(33)27-15-18-11-9-8-10-12-18/h8-12,17,19-21,31H,13-16H2,1-7H3,(H,27,33)(H,28,34)(H,29,32)/t17-,19?,20-/m0/s1. The molecule has 12 heteroatoms. The number of aliphatic hydroxyl groups is 1. The predicted molar refractivity (Wildman–Crippen MR) is 140 cm³/mol. The van der Waals surface area contributed by atoms with Crippen molar-refractivity contribution in [1.82, 2.24) is 20.9 Å². The van der Waals surface area contributed by atoms with Gasteiger partial charge in [0.05, 0.1) is 6.61 Å². The molecule has 0 spiro atoms. The van der Waals surface area contributed by atoms with Gasteiger partial charge in [-0.25, -0.2) is 4.79 Å². The van der Waals surface area contributed by atoms with Crippen LogP contribution in [0.25, 0.3) is 0 Å². The zero-order valence-corrected chi connectivity index (χ0v) is 23.3. The lowest BCUT2D eigenvalue weighted by atomic mass is 10.1. The summed E-state index contributed by atoms with van der Waals surface area (Å²) in [7, 11) is 4.31. The van der Waals surface area contributed by atoms with Crippen LogP contribution in [0.5, 0.6) is 0 Å². The van der Waals surface area contributed by atoms with Gasteiger partial charge in [0.1, 0.15) is 23.7 Å². The van der Waals surface area contributed by atoms with Gasteiger partial charge >= 0.3 is 6.09 Å². The molecule has 0 saturated carbocycles. The average molecular weight is 539 g/mol.